The van der Waals surface area contributed by atoms with Crippen LogP contribution in [0.15, 0.2) is 73.2 Å². The number of methoxy groups -OCH3 is 2. The monoisotopic (exact) mass is 709 g/mol. The summed E-state index contributed by atoms with van der Waals surface area (Å²) in [7, 11) is 3.21. The first-order valence-corrected chi connectivity index (χ1v) is 16.9. The maximum Gasteiger partial charge on any atom is 0.416 e. The van der Waals surface area contributed by atoms with Gasteiger partial charge in [0.2, 0.25) is 0 Å². The maximum atomic E-state index is 13.2. The summed E-state index contributed by atoms with van der Waals surface area (Å²) in [5.41, 5.74) is 2.31. The van der Waals surface area contributed by atoms with Gasteiger partial charge in [0.05, 0.1) is 25.7 Å². The lowest BCUT2D eigenvalue weighted by Gasteiger charge is -2.23. The lowest BCUT2D eigenvalue weighted by molar-refractivity contribution is -0.137. The highest BCUT2D eigenvalue weighted by Crippen LogP contribution is 2.43. The van der Waals surface area contributed by atoms with Gasteiger partial charge in [-0.2, -0.15) is 13.2 Å². The van der Waals surface area contributed by atoms with E-state index in [1.54, 1.807) is 44.7 Å². The number of halogens is 3. The van der Waals surface area contributed by atoms with Crippen LogP contribution >= 0.6 is 0 Å². The molecule has 266 valence electrons. The summed E-state index contributed by atoms with van der Waals surface area (Å²) in [6.45, 7) is 1.27. The van der Waals surface area contributed by atoms with Crippen molar-refractivity contribution < 1.29 is 27.4 Å². The van der Waals surface area contributed by atoms with Crippen LogP contribution in [0.4, 0.5) is 24.8 Å². The van der Waals surface area contributed by atoms with Crippen molar-refractivity contribution in [3.05, 3.63) is 107 Å². The van der Waals surface area contributed by atoms with Crippen molar-refractivity contribution in [3.8, 4) is 22.8 Å². The molecule has 1 saturated carbocycles. The minimum atomic E-state index is -4.56. The molecule has 52 heavy (non-hydrogen) atoms. The molecule has 1 atom stereocenters. The number of anilines is 2. The molecule has 8 rings (SSSR count). The Morgan fingerprint density at radius 1 is 0.923 bits per heavy atom. The fourth-order valence-corrected chi connectivity index (χ4v) is 6.74. The van der Waals surface area contributed by atoms with Crippen molar-refractivity contribution in [2.75, 3.05) is 24.9 Å². The first kappa shape index (κ1) is 33.2. The van der Waals surface area contributed by atoms with Gasteiger partial charge in [-0.1, -0.05) is 12.1 Å². The number of pyridine rings is 1. The van der Waals surface area contributed by atoms with E-state index in [0.717, 1.165) is 79.1 Å². The van der Waals surface area contributed by atoms with Crippen LogP contribution in [-0.4, -0.2) is 54.2 Å². The lowest BCUT2D eigenvalue weighted by atomic mass is 9.97. The zero-order valence-corrected chi connectivity index (χ0v) is 28.3. The Morgan fingerprint density at radius 2 is 1.73 bits per heavy atom. The van der Waals surface area contributed by atoms with Crippen molar-refractivity contribution >= 4 is 23.1 Å². The Hall–Kier alpha value is -5.99. The van der Waals surface area contributed by atoms with Gasteiger partial charge in [0.25, 0.3) is 5.91 Å². The van der Waals surface area contributed by atoms with Gasteiger partial charge in [-0.25, -0.2) is 15.0 Å². The van der Waals surface area contributed by atoms with E-state index in [9.17, 15) is 18.0 Å². The van der Waals surface area contributed by atoms with E-state index in [2.05, 4.69) is 30.4 Å². The average Bonchev–Trinajstić information content (AvgIpc) is 3.79. The first-order chi connectivity index (χ1) is 25.2. The third-order valence-corrected chi connectivity index (χ3v) is 9.52. The van der Waals surface area contributed by atoms with Gasteiger partial charge < -0.3 is 24.7 Å². The maximum absolute atomic E-state index is 13.2. The SMILES string of the molecule is COc1ccc(CNc2nccn3c(C4CCCn5c(C6CC6)nnc54)nc(-c4ccc(C(=O)Nc5cc(C(F)(F)F)ccn5)cc4)c23)c(OC)c1. The number of amides is 1. The van der Waals surface area contributed by atoms with E-state index >= 15 is 0 Å². The molecule has 2 aromatic carbocycles. The van der Waals surface area contributed by atoms with Crippen molar-refractivity contribution in [1.29, 1.82) is 0 Å². The van der Waals surface area contributed by atoms with Crippen LogP contribution in [0.3, 0.4) is 0 Å². The Balaban J connectivity index is 1.16. The number of ether oxygens (including phenoxy) is 2. The fraction of sp³-hybridized carbons (Fsp3) is 0.297. The normalized spacial score (nSPS) is 15.7. The molecule has 1 fully saturated rings. The fourth-order valence-electron chi connectivity index (χ4n) is 6.74. The summed E-state index contributed by atoms with van der Waals surface area (Å²) in [5, 5.41) is 15.2. The van der Waals surface area contributed by atoms with Crippen LogP contribution in [0, 0.1) is 0 Å². The van der Waals surface area contributed by atoms with Gasteiger partial charge >= 0.3 is 6.18 Å². The zero-order valence-electron chi connectivity index (χ0n) is 28.3. The summed E-state index contributed by atoms with van der Waals surface area (Å²) >= 11 is 0. The second-order valence-corrected chi connectivity index (χ2v) is 12.8. The van der Waals surface area contributed by atoms with E-state index in [0.29, 0.717) is 41.0 Å². The highest BCUT2D eigenvalue weighted by molar-refractivity contribution is 6.04. The van der Waals surface area contributed by atoms with Crippen LogP contribution < -0.4 is 20.1 Å². The van der Waals surface area contributed by atoms with Crippen molar-refractivity contribution in [1.82, 2.24) is 34.1 Å². The molecule has 0 spiro atoms. The molecule has 1 aliphatic carbocycles. The molecule has 1 amide bonds. The number of nitrogens with zero attached hydrogens (tertiary/aromatic N) is 7. The number of carbonyl (C=O) groups excluding carboxylic acids is 1. The van der Waals surface area contributed by atoms with Crippen molar-refractivity contribution in [2.45, 2.75) is 56.8 Å². The average molecular weight is 710 g/mol. The van der Waals surface area contributed by atoms with Crippen LogP contribution in [0.2, 0.25) is 0 Å². The largest absolute Gasteiger partial charge is 0.497 e. The molecule has 4 aromatic heterocycles. The lowest BCUT2D eigenvalue weighted by Crippen LogP contribution is -2.20. The quantitative estimate of drug-likeness (QED) is 0.153. The number of aromatic nitrogens is 7. The van der Waals surface area contributed by atoms with Crippen molar-refractivity contribution in [2.24, 2.45) is 0 Å². The van der Waals surface area contributed by atoms with E-state index < -0.39 is 17.6 Å². The topological polar surface area (TPSA) is 133 Å². The summed E-state index contributed by atoms with van der Waals surface area (Å²) < 4.78 is 55.0. The number of fused-ring (bicyclic) bond motifs is 2. The van der Waals surface area contributed by atoms with Crippen molar-refractivity contribution in [3.63, 3.8) is 0 Å². The summed E-state index contributed by atoms with van der Waals surface area (Å²) in [4.78, 5) is 26.9. The second kappa shape index (κ2) is 13.3. The van der Waals surface area contributed by atoms with Gasteiger partial charge in [0, 0.05) is 60.4 Å². The van der Waals surface area contributed by atoms with E-state index in [1.165, 1.54) is 0 Å². The molecular weight excluding hydrogens is 675 g/mol. The number of benzene rings is 2. The predicted octanol–water partition coefficient (Wildman–Crippen LogP) is 7.09. The molecule has 0 radical (unpaired) electrons. The Bertz CT molecular complexity index is 2280. The van der Waals surface area contributed by atoms with E-state index in [1.807, 2.05) is 28.8 Å². The molecule has 1 aliphatic heterocycles. The summed E-state index contributed by atoms with van der Waals surface area (Å²) in [6.07, 6.45) is 4.12. The number of alkyl halides is 3. The molecule has 0 bridgehead atoms. The Kier molecular flexibility index (Phi) is 8.47. The van der Waals surface area contributed by atoms with Crippen LogP contribution in [0.25, 0.3) is 16.8 Å². The molecule has 0 saturated heterocycles. The Morgan fingerprint density at radius 3 is 2.48 bits per heavy atom. The number of rotatable bonds is 10. The first-order valence-electron chi connectivity index (χ1n) is 16.9. The van der Waals surface area contributed by atoms with E-state index in [4.69, 9.17) is 19.4 Å². The van der Waals surface area contributed by atoms with Gasteiger partial charge in [-0.05, 0) is 62.1 Å². The molecule has 12 nitrogen and oxygen atoms in total. The van der Waals surface area contributed by atoms with Crippen LogP contribution in [0.1, 0.15) is 76.5 Å². The minimum Gasteiger partial charge on any atom is -0.497 e. The van der Waals surface area contributed by atoms with Crippen LogP contribution in [0.5, 0.6) is 11.5 Å². The summed E-state index contributed by atoms with van der Waals surface area (Å²) in [6, 6.07) is 14.0. The molecule has 5 heterocycles. The van der Waals surface area contributed by atoms with Gasteiger partial charge in [-0.15, -0.1) is 10.2 Å². The Labute approximate surface area is 296 Å². The smallest absolute Gasteiger partial charge is 0.416 e. The second-order valence-electron chi connectivity index (χ2n) is 12.8. The highest BCUT2D eigenvalue weighted by atomic mass is 19.4. The summed E-state index contributed by atoms with van der Waals surface area (Å²) in [5.74, 6) is 4.22. The predicted molar refractivity (Wildman–Crippen MR) is 186 cm³/mol. The van der Waals surface area contributed by atoms with E-state index in [-0.39, 0.29) is 17.3 Å². The number of nitrogens with one attached hydrogen (secondary N) is 2. The number of imidazole rings is 1. The zero-order chi connectivity index (χ0) is 36.0. The van der Waals surface area contributed by atoms with Gasteiger partial charge in [0.15, 0.2) is 5.82 Å². The molecule has 1 unspecified atom stereocenters. The third-order valence-electron chi connectivity index (χ3n) is 9.52. The van der Waals surface area contributed by atoms with Gasteiger partial charge in [0.1, 0.15) is 46.0 Å². The molecule has 15 heteroatoms. The third kappa shape index (κ3) is 6.26. The standard InChI is InChI=1S/C37H34F3N9O3/c1-51-26-12-11-24(28(19-26)52-2)20-43-32-31-30(21-5-9-23(10-6-21)36(50)44-29-18-25(13-14-41-29)37(38,39)40)45-34(48(31)17-15-42-32)27-4-3-16-49-33(22-7-8-22)46-47-35(27)49/h5-6,9-15,17-19,22,27H,3-4,7-8,16,20H2,1-2H3,(H,42,43)(H,41,44,50). The molecular formula is C37H34F3N9O3. The number of carbonyl (C=O) groups is 1. The van der Waals surface area contributed by atoms with Crippen LogP contribution in [-0.2, 0) is 19.3 Å². The molecule has 2 aliphatic rings. The van der Waals surface area contributed by atoms with Gasteiger partial charge in [-0.3, -0.25) is 9.20 Å². The molecule has 2 N–H and O–H groups in total. The molecule has 6 aromatic rings. The highest BCUT2D eigenvalue weighted by Gasteiger charge is 2.36. The number of hydrogen-bond donors (Lipinski definition) is 2. The minimum absolute atomic E-state index is 0.114. The number of hydrogen-bond acceptors (Lipinski definition) is 9.